The van der Waals surface area contributed by atoms with Crippen molar-refractivity contribution in [3.8, 4) is 67.9 Å². The first-order valence-electron chi connectivity index (χ1n) is 36.9. The maximum Gasteiger partial charge on any atom is 0.492 e. The molecule has 116 heavy (non-hydrogen) atoms. The molecule has 2 fully saturated rings. The standard InChI is InChI=1S/C33H35FN4O4.C28H27FN4O2.C15H10ClFN2O.C7H8BFO3.C2HF3O2/c1-33(2,3)42-32(39)38-15-12-20(13-16-38)23-9-10-27(30-25(23)14-17-41-30)36-31-35-19-21-6-5-7-24(29(21)37-31)26-18-22(34)8-11-28(26)40-4;1-34-25-8-5-19(29)15-23(25)21-4-2-3-18-16-31-28(33-26(18)21)32-24-7-6-20(17-9-12-30-13-10-17)22-11-14-35-27(22)24;1-20-13-6-5-10(17)7-12(13)11-4-2-3-9-8-18-15(16)19-14(9)11;1-12-7-3-2-5(9)4-6(7)8(10)11;3-2(4,5)1(6)7/h5-11,18-20H,12-17H2,1-4H3,(H,35,36,37);2-8,15-17,30H,9-14H2,1H3,(H,31,32,33);2-8H,1H3;2-4,10-11H,1H3;(H,6,7). The van der Waals surface area contributed by atoms with Gasteiger partial charge in [0.15, 0.2) is 0 Å². The molecule has 22 nitrogen and oxygen atoms in total. The molecule has 0 aliphatic carbocycles. The van der Waals surface area contributed by atoms with Gasteiger partial charge < -0.3 is 69.2 Å². The van der Waals surface area contributed by atoms with Crippen LogP contribution in [0.2, 0.25) is 5.28 Å². The second-order valence-electron chi connectivity index (χ2n) is 28.1. The normalized spacial score (nSPS) is 13.8. The third-order valence-corrected chi connectivity index (χ3v) is 19.7. The maximum atomic E-state index is 14.2. The zero-order chi connectivity index (χ0) is 82.5. The van der Waals surface area contributed by atoms with Crippen LogP contribution in [0.3, 0.4) is 0 Å². The Bertz CT molecular complexity index is 5560. The average Bonchev–Trinajstić information content (AvgIpc) is 1.34. The van der Waals surface area contributed by atoms with Crippen molar-refractivity contribution >= 4 is 92.2 Å². The van der Waals surface area contributed by atoms with Gasteiger partial charge in [-0.2, -0.15) is 13.2 Å². The maximum absolute atomic E-state index is 14.2. The number of carboxylic acids is 1. The van der Waals surface area contributed by atoms with Gasteiger partial charge in [-0.3, -0.25) is 0 Å². The van der Waals surface area contributed by atoms with E-state index in [4.69, 9.17) is 74.7 Å². The number of rotatable bonds is 14. The molecule has 16 rings (SSSR count). The molecule has 0 radical (unpaired) electrons. The number of anilines is 4. The number of likely N-dealkylation sites (tertiary alicyclic amines) is 1. The molecule has 31 heteroatoms. The summed E-state index contributed by atoms with van der Waals surface area (Å²) in [6.07, 6.45) is 5.65. The van der Waals surface area contributed by atoms with E-state index in [1.54, 1.807) is 63.0 Å². The molecule has 0 spiro atoms. The van der Waals surface area contributed by atoms with E-state index in [2.05, 4.69) is 54.1 Å². The van der Waals surface area contributed by atoms with Gasteiger partial charge in [0.25, 0.3) is 0 Å². The molecule has 6 N–H and O–H groups in total. The quantitative estimate of drug-likeness (QED) is 0.0335. The number of aromatic nitrogens is 6. The number of carboxylic acid groups (broad SMARTS) is 1. The Morgan fingerprint density at radius 2 is 0.914 bits per heavy atom. The van der Waals surface area contributed by atoms with E-state index >= 15 is 0 Å². The van der Waals surface area contributed by atoms with Crippen LogP contribution in [0.1, 0.15) is 80.5 Å². The van der Waals surface area contributed by atoms with Crippen molar-refractivity contribution in [1.29, 1.82) is 0 Å². The number of alkyl halides is 3. The lowest BCUT2D eigenvalue weighted by Crippen LogP contribution is -2.41. The van der Waals surface area contributed by atoms with E-state index in [9.17, 15) is 35.5 Å². The van der Waals surface area contributed by atoms with E-state index in [0.29, 0.717) is 95.0 Å². The number of hydrogen-bond acceptors (Lipinski definition) is 20. The fourth-order valence-corrected chi connectivity index (χ4v) is 14.3. The summed E-state index contributed by atoms with van der Waals surface area (Å²) in [7, 11) is 4.36. The minimum absolute atomic E-state index is 0.0255. The van der Waals surface area contributed by atoms with Gasteiger partial charge in [-0.25, -0.2) is 57.1 Å². The molecule has 2 saturated heterocycles. The average molecular weight is 1610 g/mol. The third-order valence-electron chi connectivity index (χ3n) is 19.5. The van der Waals surface area contributed by atoms with Gasteiger partial charge in [-0.1, -0.05) is 66.7 Å². The number of fused-ring (bicyclic) bond motifs is 5. The zero-order valence-electron chi connectivity index (χ0n) is 64.1. The molecule has 4 aliphatic rings. The minimum atomic E-state index is -5.08. The zero-order valence-corrected chi connectivity index (χ0v) is 64.8. The predicted octanol–water partition coefficient (Wildman–Crippen LogP) is 17.1. The summed E-state index contributed by atoms with van der Waals surface area (Å²) < 4.78 is 125. The predicted molar refractivity (Wildman–Crippen MR) is 428 cm³/mol. The number of nitrogens with zero attached hydrogens (tertiary/aromatic N) is 7. The van der Waals surface area contributed by atoms with Crippen LogP contribution < -0.4 is 49.8 Å². The van der Waals surface area contributed by atoms with E-state index in [1.807, 2.05) is 81.4 Å². The van der Waals surface area contributed by atoms with Crippen LogP contribution >= 0.6 is 11.6 Å². The Morgan fingerprint density at radius 1 is 0.526 bits per heavy atom. The van der Waals surface area contributed by atoms with Crippen molar-refractivity contribution in [2.45, 2.75) is 82.9 Å². The number of methoxy groups -OCH3 is 4. The third kappa shape index (κ3) is 20.0. The summed E-state index contributed by atoms with van der Waals surface area (Å²) in [4.78, 5) is 50.2. The van der Waals surface area contributed by atoms with Gasteiger partial charge in [-0.15, -0.1) is 0 Å². The van der Waals surface area contributed by atoms with Gasteiger partial charge in [0.05, 0.1) is 69.6 Å². The van der Waals surface area contributed by atoms with Gasteiger partial charge in [-0.05, 0) is 179 Å². The number of para-hydroxylation sites is 3. The smallest absolute Gasteiger partial charge is 0.492 e. The molecule has 1 amide bonds. The Morgan fingerprint density at radius 3 is 1.31 bits per heavy atom. The van der Waals surface area contributed by atoms with Crippen LogP contribution in [0, 0.1) is 23.3 Å². The van der Waals surface area contributed by atoms with Crippen LogP contribution in [0.25, 0.3) is 66.1 Å². The molecule has 12 aromatic rings. The SMILES string of the molecule is COc1ccc(F)cc1-c1cccc2cnc(Cl)nc12.COc1ccc(F)cc1-c1cccc2cnc(Nc3ccc(C4CCN(C(=O)OC(C)(C)C)CC4)c4c3OCC4)nc12.COc1ccc(F)cc1-c1cccc2cnc(Nc3ccc(C4CCNCC4)c4c3OCC4)nc12.COc1ccc(F)cc1B(O)O.O=C(O)C(F)(F)F. The van der Waals surface area contributed by atoms with Crippen molar-refractivity contribution in [3.63, 3.8) is 0 Å². The molecule has 7 heterocycles. The largest absolute Gasteiger partial charge is 0.497 e. The summed E-state index contributed by atoms with van der Waals surface area (Å²) in [5.41, 5.74) is 12.6. The summed E-state index contributed by atoms with van der Waals surface area (Å²) in [6, 6.07) is 42.5. The number of aliphatic carboxylic acids is 1. The Balaban J connectivity index is 0.000000149. The van der Waals surface area contributed by atoms with Gasteiger partial charge >= 0.3 is 25.4 Å². The number of ether oxygens (including phenoxy) is 7. The number of amides is 1. The number of halogens is 8. The summed E-state index contributed by atoms with van der Waals surface area (Å²) >= 11 is 5.86. The number of hydrogen-bond donors (Lipinski definition) is 6. The topological polar surface area (TPSA) is 276 Å². The first-order chi connectivity index (χ1) is 55.7. The Labute approximate surface area is 668 Å². The molecular formula is C85H81BClF7N10O12. The van der Waals surface area contributed by atoms with Gasteiger partial charge in [0.1, 0.15) is 63.4 Å². The van der Waals surface area contributed by atoms with E-state index in [1.165, 1.54) is 77.9 Å². The molecule has 0 saturated carbocycles. The van der Waals surface area contributed by atoms with Crippen LogP contribution in [-0.4, -0.2) is 149 Å². The van der Waals surface area contributed by atoms with Crippen molar-refractivity contribution in [2.24, 2.45) is 0 Å². The van der Waals surface area contributed by atoms with Crippen LogP contribution in [0.15, 0.2) is 170 Å². The van der Waals surface area contributed by atoms with E-state index < -0.39 is 30.7 Å². The lowest BCUT2D eigenvalue weighted by Gasteiger charge is -2.34. The first-order valence-corrected chi connectivity index (χ1v) is 37.3. The molecule has 9 aromatic carbocycles. The number of nitrogens with one attached hydrogen (secondary N) is 3. The molecule has 3 aromatic heterocycles. The molecular weight excluding hydrogens is 1530 g/mol. The summed E-state index contributed by atoms with van der Waals surface area (Å²) in [6.45, 7) is 10.4. The summed E-state index contributed by atoms with van der Waals surface area (Å²) in [5, 5.41) is 37.5. The fourth-order valence-electron chi connectivity index (χ4n) is 14.2. The Kier molecular flexibility index (Phi) is 26.6. The molecule has 4 aliphatic heterocycles. The highest BCUT2D eigenvalue weighted by atomic mass is 35.5. The van der Waals surface area contributed by atoms with E-state index in [0.717, 1.165) is 119 Å². The lowest BCUT2D eigenvalue weighted by molar-refractivity contribution is -0.192. The first kappa shape index (κ1) is 83.3. The second-order valence-corrected chi connectivity index (χ2v) is 28.4. The van der Waals surface area contributed by atoms with Crippen molar-refractivity contribution in [3.05, 3.63) is 221 Å². The minimum Gasteiger partial charge on any atom is -0.497 e. The van der Waals surface area contributed by atoms with E-state index in [-0.39, 0.29) is 40.0 Å². The monoisotopic (exact) mass is 1610 g/mol. The van der Waals surface area contributed by atoms with Crippen LogP contribution in [0.5, 0.6) is 34.5 Å². The number of carbonyl (C=O) groups is 2. The molecule has 0 bridgehead atoms. The number of benzene rings is 9. The Hall–Kier alpha value is -12.1. The number of carbonyl (C=O) groups excluding carboxylic acids is 1. The van der Waals surface area contributed by atoms with Crippen molar-refractivity contribution < 1.29 is 88.6 Å². The molecule has 0 unspecified atom stereocenters. The van der Waals surface area contributed by atoms with Gasteiger partial charge in [0.2, 0.25) is 17.2 Å². The highest BCUT2D eigenvalue weighted by Gasteiger charge is 2.38. The van der Waals surface area contributed by atoms with Crippen LogP contribution in [0.4, 0.5) is 58.8 Å². The molecule has 0 atom stereocenters. The van der Waals surface area contributed by atoms with Gasteiger partial charge in [0, 0.05) is 111 Å². The highest BCUT2D eigenvalue weighted by molar-refractivity contribution is 6.59. The van der Waals surface area contributed by atoms with Crippen molar-refractivity contribution in [1.82, 2.24) is 40.1 Å². The fraction of sp³-hybridized carbons (Fsp3) is 0.271. The van der Waals surface area contributed by atoms with Crippen molar-refractivity contribution in [2.75, 3.05) is 78.5 Å². The summed E-state index contributed by atoms with van der Waals surface area (Å²) in [5.74, 6) is 1.22. The van der Waals surface area contributed by atoms with Crippen LogP contribution in [-0.2, 0) is 22.4 Å². The highest BCUT2D eigenvalue weighted by Crippen LogP contribution is 2.46. The number of piperidine rings is 2. The molecule has 602 valence electrons. The lowest BCUT2D eigenvalue weighted by atomic mass is 9.79. The second kappa shape index (κ2) is 37.0.